The van der Waals surface area contributed by atoms with Crippen molar-refractivity contribution >= 4 is 5.78 Å². The molecule has 0 fully saturated rings. The molecule has 2 nitrogen and oxygen atoms in total. The standard InChI is InChI=1S/C14H21NO/c1-2-3-11-15-12-14(16)10-9-13-7-5-4-6-8-13/h4-8,15H,2-3,9-12H2,1H3. The molecular formula is C14H21NO. The maximum absolute atomic E-state index is 11.5. The minimum absolute atomic E-state index is 0.306. The van der Waals surface area contributed by atoms with E-state index >= 15 is 0 Å². The number of hydrogen-bond donors (Lipinski definition) is 1. The summed E-state index contributed by atoms with van der Waals surface area (Å²) in [6.45, 7) is 3.62. The Morgan fingerprint density at radius 3 is 2.69 bits per heavy atom. The second-order valence-corrected chi connectivity index (χ2v) is 4.05. The summed E-state index contributed by atoms with van der Waals surface area (Å²) in [6, 6.07) is 10.2. The Kier molecular flexibility index (Phi) is 6.50. The molecule has 88 valence electrons. The molecule has 1 aromatic carbocycles. The van der Waals surface area contributed by atoms with Crippen LogP contribution < -0.4 is 5.32 Å². The van der Waals surface area contributed by atoms with E-state index in [-0.39, 0.29) is 0 Å². The van der Waals surface area contributed by atoms with E-state index in [2.05, 4.69) is 24.4 Å². The average molecular weight is 219 g/mol. The second-order valence-electron chi connectivity index (χ2n) is 4.05. The monoisotopic (exact) mass is 219 g/mol. The maximum Gasteiger partial charge on any atom is 0.146 e. The zero-order chi connectivity index (χ0) is 11.6. The third kappa shape index (κ3) is 5.66. The van der Waals surface area contributed by atoms with Gasteiger partial charge >= 0.3 is 0 Å². The van der Waals surface area contributed by atoms with Gasteiger partial charge in [0.2, 0.25) is 0 Å². The molecule has 1 rings (SSSR count). The van der Waals surface area contributed by atoms with Crippen LogP contribution in [0.5, 0.6) is 0 Å². The third-order valence-corrected chi connectivity index (χ3v) is 2.56. The lowest BCUT2D eigenvalue weighted by atomic mass is 10.1. The van der Waals surface area contributed by atoms with Crippen molar-refractivity contribution in [2.24, 2.45) is 0 Å². The van der Waals surface area contributed by atoms with E-state index in [1.165, 1.54) is 12.0 Å². The van der Waals surface area contributed by atoms with Crippen molar-refractivity contribution in [3.8, 4) is 0 Å². The molecule has 0 unspecified atom stereocenters. The molecule has 0 amide bonds. The molecule has 0 atom stereocenters. The molecule has 0 aliphatic rings. The number of ketones is 1. The molecule has 0 aliphatic heterocycles. The first-order chi connectivity index (χ1) is 7.83. The van der Waals surface area contributed by atoms with Gasteiger partial charge in [-0.2, -0.15) is 0 Å². The summed E-state index contributed by atoms with van der Waals surface area (Å²) in [6.07, 6.45) is 3.81. The fraction of sp³-hybridized carbons (Fsp3) is 0.500. The highest BCUT2D eigenvalue weighted by Gasteiger charge is 2.01. The van der Waals surface area contributed by atoms with Crippen LogP contribution in [0.25, 0.3) is 0 Å². The number of benzene rings is 1. The van der Waals surface area contributed by atoms with Crippen LogP contribution in [0, 0.1) is 0 Å². The fourth-order valence-corrected chi connectivity index (χ4v) is 1.55. The fourth-order valence-electron chi connectivity index (χ4n) is 1.55. The van der Waals surface area contributed by atoms with E-state index in [1.807, 2.05) is 18.2 Å². The molecule has 1 N–H and O–H groups in total. The normalized spacial score (nSPS) is 10.3. The van der Waals surface area contributed by atoms with Gasteiger partial charge in [0, 0.05) is 6.42 Å². The lowest BCUT2D eigenvalue weighted by Crippen LogP contribution is -2.24. The molecule has 2 heteroatoms. The Bertz CT molecular complexity index is 295. The predicted octanol–water partition coefficient (Wildman–Crippen LogP) is 2.58. The summed E-state index contributed by atoms with van der Waals surface area (Å²) < 4.78 is 0. The molecule has 0 aliphatic carbocycles. The predicted molar refractivity (Wildman–Crippen MR) is 67.5 cm³/mol. The van der Waals surface area contributed by atoms with Crippen molar-refractivity contribution in [1.29, 1.82) is 0 Å². The highest BCUT2D eigenvalue weighted by atomic mass is 16.1. The molecule has 0 aromatic heterocycles. The number of hydrogen-bond acceptors (Lipinski definition) is 2. The van der Waals surface area contributed by atoms with Gasteiger partial charge in [0.25, 0.3) is 0 Å². The van der Waals surface area contributed by atoms with Crippen LogP contribution in [0.3, 0.4) is 0 Å². The van der Waals surface area contributed by atoms with Crippen LogP contribution in [0.4, 0.5) is 0 Å². The van der Waals surface area contributed by atoms with E-state index in [0.717, 1.165) is 19.4 Å². The number of carbonyl (C=O) groups excluding carboxylic acids is 1. The molecule has 0 saturated carbocycles. The van der Waals surface area contributed by atoms with Gasteiger partial charge in [-0.15, -0.1) is 0 Å². The van der Waals surface area contributed by atoms with E-state index in [9.17, 15) is 4.79 Å². The van der Waals surface area contributed by atoms with Gasteiger partial charge in [-0.25, -0.2) is 0 Å². The van der Waals surface area contributed by atoms with Crippen LogP contribution in [0.15, 0.2) is 30.3 Å². The van der Waals surface area contributed by atoms with E-state index in [4.69, 9.17) is 0 Å². The molecule has 0 bridgehead atoms. The Morgan fingerprint density at radius 1 is 1.25 bits per heavy atom. The molecule has 0 saturated heterocycles. The molecule has 1 aromatic rings. The molecular weight excluding hydrogens is 198 g/mol. The van der Waals surface area contributed by atoms with Gasteiger partial charge in [0.1, 0.15) is 5.78 Å². The summed E-state index contributed by atoms with van der Waals surface area (Å²) >= 11 is 0. The number of unbranched alkanes of at least 4 members (excludes halogenated alkanes) is 1. The number of nitrogens with one attached hydrogen (secondary N) is 1. The highest BCUT2D eigenvalue weighted by molar-refractivity contribution is 5.80. The summed E-state index contributed by atoms with van der Waals surface area (Å²) in [7, 11) is 0. The zero-order valence-electron chi connectivity index (χ0n) is 10.0. The van der Waals surface area contributed by atoms with E-state index in [1.54, 1.807) is 0 Å². The summed E-state index contributed by atoms with van der Waals surface area (Å²) in [5, 5.41) is 3.17. The summed E-state index contributed by atoms with van der Waals surface area (Å²) in [5.74, 6) is 0.306. The number of Topliss-reactive ketones (excluding diaryl/α,β-unsaturated/α-hetero) is 1. The molecule has 0 heterocycles. The number of carbonyl (C=O) groups is 1. The van der Waals surface area contributed by atoms with Gasteiger partial charge < -0.3 is 5.32 Å². The van der Waals surface area contributed by atoms with Crippen molar-refractivity contribution < 1.29 is 4.79 Å². The van der Waals surface area contributed by atoms with E-state index in [0.29, 0.717) is 18.7 Å². The van der Waals surface area contributed by atoms with Gasteiger partial charge in [0.15, 0.2) is 0 Å². The zero-order valence-corrected chi connectivity index (χ0v) is 10.0. The van der Waals surface area contributed by atoms with Gasteiger partial charge in [-0.05, 0) is 24.9 Å². The average Bonchev–Trinajstić information content (AvgIpc) is 2.33. The topological polar surface area (TPSA) is 29.1 Å². The minimum atomic E-state index is 0.306. The Hall–Kier alpha value is -1.15. The largest absolute Gasteiger partial charge is 0.310 e. The number of aryl methyl sites for hydroxylation is 1. The van der Waals surface area contributed by atoms with Crippen LogP contribution >= 0.6 is 0 Å². The summed E-state index contributed by atoms with van der Waals surface area (Å²) in [5.41, 5.74) is 1.24. The van der Waals surface area contributed by atoms with Crippen LogP contribution in [0.1, 0.15) is 31.7 Å². The summed E-state index contributed by atoms with van der Waals surface area (Å²) in [4.78, 5) is 11.5. The smallest absolute Gasteiger partial charge is 0.146 e. The lowest BCUT2D eigenvalue weighted by molar-refractivity contribution is -0.118. The maximum atomic E-state index is 11.5. The Morgan fingerprint density at radius 2 is 2.00 bits per heavy atom. The third-order valence-electron chi connectivity index (χ3n) is 2.56. The first-order valence-corrected chi connectivity index (χ1v) is 6.09. The molecule has 16 heavy (non-hydrogen) atoms. The second kappa shape index (κ2) is 8.05. The van der Waals surface area contributed by atoms with Crippen LogP contribution in [-0.2, 0) is 11.2 Å². The lowest BCUT2D eigenvalue weighted by Gasteiger charge is -2.03. The van der Waals surface area contributed by atoms with Crippen molar-refractivity contribution in [3.05, 3.63) is 35.9 Å². The van der Waals surface area contributed by atoms with Crippen molar-refractivity contribution in [1.82, 2.24) is 5.32 Å². The molecule has 0 spiro atoms. The van der Waals surface area contributed by atoms with Crippen molar-refractivity contribution in [2.75, 3.05) is 13.1 Å². The number of rotatable bonds is 8. The van der Waals surface area contributed by atoms with Crippen molar-refractivity contribution in [2.45, 2.75) is 32.6 Å². The van der Waals surface area contributed by atoms with E-state index < -0.39 is 0 Å². The minimum Gasteiger partial charge on any atom is -0.310 e. The van der Waals surface area contributed by atoms with Gasteiger partial charge in [0.05, 0.1) is 6.54 Å². The first kappa shape index (κ1) is 12.9. The Labute approximate surface area is 98.1 Å². The van der Waals surface area contributed by atoms with Crippen LogP contribution in [-0.4, -0.2) is 18.9 Å². The van der Waals surface area contributed by atoms with Gasteiger partial charge in [-0.1, -0.05) is 43.7 Å². The molecule has 0 radical (unpaired) electrons. The quantitative estimate of drug-likeness (QED) is 0.681. The first-order valence-electron chi connectivity index (χ1n) is 6.09. The SMILES string of the molecule is CCCCNCC(=O)CCc1ccccc1. The van der Waals surface area contributed by atoms with Crippen LogP contribution in [0.2, 0.25) is 0 Å². The Balaban J connectivity index is 2.11. The highest BCUT2D eigenvalue weighted by Crippen LogP contribution is 2.02. The van der Waals surface area contributed by atoms with Gasteiger partial charge in [-0.3, -0.25) is 4.79 Å². The van der Waals surface area contributed by atoms with Crippen molar-refractivity contribution in [3.63, 3.8) is 0 Å².